The number of piperidine rings is 1. The molecule has 0 saturated carbocycles. The zero-order valence-corrected chi connectivity index (χ0v) is 16.2. The van der Waals surface area contributed by atoms with Gasteiger partial charge >= 0.3 is 6.09 Å². The number of nitrogens with zero attached hydrogens (tertiary/aromatic N) is 4. The Morgan fingerprint density at radius 1 is 1.27 bits per heavy atom. The van der Waals surface area contributed by atoms with Crippen LogP contribution in [0.5, 0.6) is 0 Å². The van der Waals surface area contributed by atoms with Crippen molar-refractivity contribution in [3.63, 3.8) is 0 Å². The van der Waals surface area contributed by atoms with Gasteiger partial charge in [-0.3, -0.25) is 4.99 Å². The Morgan fingerprint density at radius 2 is 2.07 bits per heavy atom. The van der Waals surface area contributed by atoms with Crippen LogP contribution < -0.4 is 0 Å². The summed E-state index contributed by atoms with van der Waals surface area (Å²) in [7, 11) is 0. The summed E-state index contributed by atoms with van der Waals surface area (Å²) >= 11 is 0. The van der Waals surface area contributed by atoms with E-state index in [4.69, 9.17) is 4.74 Å². The van der Waals surface area contributed by atoms with Crippen molar-refractivity contribution in [1.82, 2.24) is 14.9 Å². The second-order valence-corrected chi connectivity index (χ2v) is 7.55. The molecule has 3 heterocycles. The number of likely N-dealkylation sites (tertiary alicyclic amines) is 1. The van der Waals surface area contributed by atoms with Crippen molar-refractivity contribution in [3.05, 3.63) is 58.9 Å². The molecule has 4 rings (SSSR count). The number of carbonyl (C=O) groups is 1. The number of rotatable bonds is 5. The summed E-state index contributed by atoms with van der Waals surface area (Å²) in [6.45, 7) is -0.0797. The van der Waals surface area contributed by atoms with Gasteiger partial charge in [-0.25, -0.2) is 27.9 Å². The minimum Gasteiger partial charge on any atom is -0.445 e. The lowest BCUT2D eigenvalue weighted by Crippen LogP contribution is -2.51. The van der Waals surface area contributed by atoms with Crippen LogP contribution in [-0.2, 0) is 24.3 Å². The molecule has 158 valence electrons. The third-order valence-corrected chi connectivity index (χ3v) is 5.42. The third-order valence-electron chi connectivity index (χ3n) is 5.42. The van der Waals surface area contributed by atoms with Gasteiger partial charge in [0.15, 0.2) is 0 Å². The molecule has 30 heavy (non-hydrogen) atoms. The molecule has 0 radical (unpaired) electrons. The number of halogens is 3. The van der Waals surface area contributed by atoms with Crippen LogP contribution in [-0.4, -0.2) is 46.2 Å². The molecule has 0 aliphatic carbocycles. The molecule has 1 aromatic heterocycles. The summed E-state index contributed by atoms with van der Waals surface area (Å²) in [5, 5.41) is 0. The van der Waals surface area contributed by atoms with Crippen LogP contribution in [0.1, 0.15) is 35.5 Å². The highest BCUT2D eigenvalue weighted by Gasteiger charge is 2.45. The quantitative estimate of drug-likeness (QED) is 0.741. The zero-order chi connectivity index (χ0) is 21.1. The van der Waals surface area contributed by atoms with Crippen molar-refractivity contribution in [2.75, 3.05) is 13.1 Å². The lowest BCUT2D eigenvalue weighted by molar-refractivity contribution is -0.108. The standard InChI is InChI=1S/C21H21F3N4O2/c22-17-4-1-14(2-5-17)12-30-20(29)28-8-7-16(21(23,24)13-28)3-6-19-26-10-15-9-25-11-18(15)27-19/h1-2,4-5,9-10,16H,3,6-8,11-13H2/t16-/m0/s1. The number of aliphatic imine (C=N–C) groups is 1. The van der Waals surface area contributed by atoms with Crippen LogP contribution in [0.2, 0.25) is 0 Å². The Balaban J connectivity index is 1.28. The van der Waals surface area contributed by atoms with Gasteiger partial charge in [-0.05, 0) is 30.5 Å². The van der Waals surface area contributed by atoms with Gasteiger partial charge in [0.25, 0.3) is 5.92 Å². The fourth-order valence-corrected chi connectivity index (χ4v) is 3.67. The first kappa shape index (κ1) is 20.3. The van der Waals surface area contributed by atoms with E-state index in [1.807, 2.05) is 0 Å². The van der Waals surface area contributed by atoms with Gasteiger partial charge in [-0.2, -0.15) is 0 Å². The minimum atomic E-state index is -3.02. The number of benzene rings is 1. The van der Waals surface area contributed by atoms with Crippen molar-refractivity contribution >= 4 is 12.3 Å². The smallest absolute Gasteiger partial charge is 0.410 e. The SMILES string of the molecule is O=C(OCc1ccc(F)cc1)N1CC[C@H](CCc2ncc3c(n2)CN=C3)C(F)(F)C1. The molecular formula is C21H21F3N4O2. The Labute approximate surface area is 171 Å². The van der Waals surface area contributed by atoms with E-state index in [9.17, 15) is 18.0 Å². The largest absolute Gasteiger partial charge is 0.445 e. The molecular weight excluding hydrogens is 397 g/mol. The number of alkyl halides is 2. The van der Waals surface area contributed by atoms with Crippen LogP contribution in [0.3, 0.4) is 0 Å². The van der Waals surface area contributed by atoms with Crippen LogP contribution in [0.4, 0.5) is 18.0 Å². The molecule has 1 fully saturated rings. The van der Waals surface area contributed by atoms with Crippen molar-refractivity contribution < 1.29 is 22.7 Å². The highest BCUT2D eigenvalue weighted by atomic mass is 19.3. The normalized spacial score (nSPS) is 19.6. The molecule has 0 spiro atoms. The Morgan fingerprint density at radius 3 is 2.83 bits per heavy atom. The predicted octanol–water partition coefficient (Wildman–Crippen LogP) is 3.77. The number of hydrogen-bond donors (Lipinski definition) is 0. The highest BCUT2D eigenvalue weighted by Crippen LogP contribution is 2.36. The molecule has 6 nitrogen and oxygen atoms in total. The number of aryl methyl sites for hydroxylation is 1. The molecule has 0 bridgehead atoms. The molecule has 0 N–H and O–H groups in total. The topological polar surface area (TPSA) is 67.7 Å². The summed E-state index contributed by atoms with van der Waals surface area (Å²) in [5.74, 6) is -3.74. The van der Waals surface area contributed by atoms with E-state index in [0.717, 1.165) is 16.2 Å². The molecule has 1 aromatic carbocycles. The molecule has 9 heteroatoms. The third kappa shape index (κ3) is 4.60. The molecule has 1 saturated heterocycles. The number of aromatic nitrogens is 2. The fourth-order valence-electron chi connectivity index (χ4n) is 3.67. The average Bonchev–Trinajstić information content (AvgIpc) is 3.19. The van der Waals surface area contributed by atoms with Crippen LogP contribution in [0, 0.1) is 11.7 Å². The van der Waals surface area contributed by atoms with E-state index in [1.165, 1.54) is 24.3 Å². The van der Waals surface area contributed by atoms with Crippen molar-refractivity contribution in [2.45, 2.75) is 38.3 Å². The summed E-state index contributed by atoms with van der Waals surface area (Å²) in [6.07, 6.45) is 3.35. The Kier molecular flexibility index (Phi) is 5.69. The van der Waals surface area contributed by atoms with E-state index < -0.39 is 30.3 Å². The minimum absolute atomic E-state index is 0.0933. The summed E-state index contributed by atoms with van der Waals surface area (Å²) in [6, 6.07) is 5.47. The van der Waals surface area contributed by atoms with Gasteiger partial charge in [0.2, 0.25) is 0 Å². The van der Waals surface area contributed by atoms with Gasteiger partial charge in [-0.1, -0.05) is 12.1 Å². The van der Waals surface area contributed by atoms with Crippen LogP contribution in [0.25, 0.3) is 0 Å². The molecule has 1 amide bonds. The first-order valence-corrected chi connectivity index (χ1v) is 9.79. The number of fused-ring (bicyclic) bond motifs is 1. The van der Waals surface area contributed by atoms with Crippen LogP contribution >= 0.6 is 0 Å². The molecule has 2 aliphatic rings. The van der Waals surface area contributed by atoms with E-state index >= 15 is 0 Å². The number of ether oxygens (including phenoxy) is 1. The summed E-state index contributed by atoms with van der Waals surface area (Å²) < 4.78 is 47.3. The predicted molar refractivity (Wildman–Crippen MR) is 103 cm³/mol. The van der Waals surface area contributed by atoms with Gasteiger partial charge in [0.05, 0.1) is 18.8 Å². The van der Waals surface area contributed by atoms with E-state index in [0.29, 0.717) is 24.4 Å². The second kappa shape index (κ2) is 8.41. The second-order valence-electron chi connectivity index (χ2n) is 7.55. The van der Waals surface area contributed by atoms with Crippen molar-refractivity contribution in [3.8, 4) is 0 Å². The molecule has 2 aliphatic heterocycles. The van der Waals surface area contributed by atoms with Crippen LogP contribution in [0.15, 0.2) is 35.5 Å². The Bertz CT molecular complexity index is 950. The zero-order valence-electron chi connectivity index (χ0n) is 16.2. The number of carbonyl (C=O) groups excluding carboxylic acids is 1. The maximum Gasteiger partial charge on any atom is 0.410 e. The Hall–Kier alpha value is -2.97. The van der Waals surface area contributed by atoms with Crippen molar-refractivity contribution in [1.29, 1.82) is 0 Å². The van der Waals surface area contributed by atoms with E-state index in [1.54, 1.807) is 12.4 Å². The average molecular weight is 418 g/mol. The van der Waals surface area contributed by atoms with E-state index in [-0.39, 0.29) is 26.0 Å². The van der Waals surface area contributed by atoms with Gasteiger partial charge < -0.3 is 9.64 Å². The molecule has 2 aromatic rings. The number of hydrogen-bond acceptors (Lipinski definition) is 5. The fraction of sp³-hybridized carbons (Fsp3) is 0.429. The lowest BCUT2D eigenvalue weighted by atomic mass is 9.88. The first-order chi connectivity index (χ1) is 14.4. The summed E-state index contributed by atoms with van der Waals surface area (Å²) in [5.41, 5.74) is 2.29. The van der Waals surface area contributed by atoms with Gasteiger partial charge in [-0.15, -0.1) is 0 Å². The number of amides is 1. The molecule has 0 unspecified atom stereocenters. The van der Waals surface area contributed by atoms with Gasteiger partial charge in [0, 0.05) is 36.9 Å². The summed E-state index contributed by atoms with van der Waals surface area (Å²) in [4.78, 5) is 26.0. The maximum absolute atomic E-state index is 14.7. The monoisotopic (exact) mass is 418 g/mol. The maximum atomic E-state index is 14.7. The molecule has 1 atom stereocenters. The highest BCUT2D eigenvalue weighted by molar-refractivity contribution is 5.82. The van der Waals surface area contributed by atoms with Gasteiger partial charge in [0.1, 0.15) is 18.2 Å². The lowest BCUT2D eigenvalue weighted by Gasteiger charge is -2.37. The van der Waals surface area contributed by atoms with Crippen molar-refractivity contribution in [2.24, 2.45) is 10.9 Å². The van der Waals surface area contributed by atoms with E-state index in [2.05, 4.69) is 15.0 Å². The first-order valence-electron chi connectivity index (χ1n) is 9.79.